The average Bonchev–Trinajstić information content (AvgIpc) is 3.10. The number of sulfonamides is 1. The maximum Gasteiger partial charge on any atom is 0.573 e. The zero-order valence-electron chi connectivity index (χ0n) is 16.7. The molecule has 1 atom stereocenters. The summed E-state index contributed by atoms with van der Waals surface area (Å²) in [5, 5.41) is 27.2. The van der Waals surface area contributed by atoms with Gasteiger partial charge in [0, 0.05) is 11.1 Å². The van der Waals surface area contributed by atoms with Gasteiger partial charge in [-0.05, 0) is 48.0 Å². The molecule has 0 aliphatic carbocycles. The Balaban J connectivity index is 1.89. The third-order valence-electron chi connectivity index (χ3n) is 4.33. The van der Waals surface area contributed by atoms with E-state index in [1.54, 1.807) is 0 Å². The first-order valence-corrected chi connectivity index (χ1v) is 11.1. The summed E-state index contributed by atoms with van der Waals surface area (Å²) in [4.78, 5) is 0.913. The van der Waals surface area contributed by atoms with Crippen LogP contribution < -0.4 is 9.88 Å². The standard InChI is InChI=1S/C18H16ClF4N5O4S/c1-17(29,9-33(24,30)31)11-2-4-14(19)13(7-11)16-25-27-28(26-16)8-10-6-12(3-5-15(10)20)32-18(21,22)23/h2-7,29H,8-9H2,1H3,(H2,24,30,31). The second-order valence-electron chi connectivity index (χ2n) is 7.22. The Hall–Kier alpha value is -2.81. The van der Waals surface area contributed by atoms with Crippen molar-refractivity contribution in [2.24, 2.45) is 5.14 Å². The van der Waals surface area contributed by atoms with Gasteiger partial charge in [0.2, 0.25) is 15.8 Å². The summed E-state index contributed by atoms with van der Waals surface area (Å²) in [6.45, 7) is 0.863. The molecular formula is C18H16ClF4N5O4S. The lowest BCUT2D eigenvalue weighted by atomic mass is 9.96. The summed E-state index contributed by atoms with van der Waals surface area (Å²) < 4.78 is 77.9. The SMILES string of the molecule is CC(O)(CS(N)(=O)=O)c1ccc(Cl)c(-c2nnn(Cc3cc(OC(F)(F)F)ccc3F)n2)c1. The van der Waals surface area contributed by atoms with Crippen LogP contribution in [0.1, 0.15) is 18.1 Å². The fourth-order valence-electron chi connectivity index (χ4n) is 2.95. The molecule has 9 nitrogen and oxygen atoms in total. The molecule has 1 unspecified atom stereocenters. The third kappa shape index (κ3) is 6.60. The summed E-state index contributed by atoms with van der Waals surface area (Å²) in [5.74, 6) is -2.26. The molecule has 0 saturated carbocycles. The third-order valence-corrected chi connectivity index (χ3v) is 5.62. The zero-order valence-corrected chi connectivity index (χ0v) is 18.3. The molecule has 3 aromatic rings. The topological polar surface area (TPSA) is 133 Å². The second-order valence-corrected chi connectivity index (χ2v) is 9.24. The summed E-state index contributed by atoms with van der Waals surface area (Å²) in [7, 11) is -4.01. The fraction of sp³-hybridized carbons (Fsp3) is 0.278. The Morgan fingerprint density at radius 2 is 1.91 bits per heavy atom. The van der Waals surface area contributed by atoms with Crippen molar-refractivity contribution >= 4 is 21.6 Å². The van der Waals surface area contributed by atoms with Gasteiger partial charge in [-0.3, -0.25) is 0 Å². The van der Waals surface area contributed by atoms with Gasteiger partial charge in [-0.15, -0.1) is 23.4 Å². The molecule has 0 fully saturated rings. The van der Waals surface area contributed by atoms with E-state index in [0.717, 1.165) is 23.0 Å². The predicted molar refractivity (Wildman–Crippen MR) is 108 cm³/mol. The van der Waals surface area contributed by atoms with Crippen molar-refractivity contribution in [1.29, 1.82) is 0 Å². The van der Waals surface area contributed by atoms with Gasteiger partial charge >= 0.3 is 6.36 Å². The molecular weight excluding hydrogens is 494 g/mol. The Morgan fingerprint density at radius 1 is 1.21 bits per heavy atom. The van der Waals surface area contributed by atoms with Crippen molar-refractivity contribution < 1.29 is 35.8 Å². The quantitative estimate of drug-likeness (QED) is 0.468. The minimum Gasteiger partial charge on any atom is -0.406 e. The first-order chi connectivity index (χ1) is 15.1. The predicted octanol–water partition coefficient (Wildman–Crippen LogP) is 2.58. The van der Waals surface area contributed by atoms with Gasteiger partial charge in [0.1, 0.15) is 17.2 Å². The largest absolute Gasteiger partial charge is 0.573 e. The number of primary sulfonamides is 1. The highest BCUT2D eigenvalue weighted by Gasteiger charge is 2.32. The van der Waals surface area contributed by atoms with Gasteiger partial charge in [0.05, 0.1) is 17.3 Å². The zero-order chi connectivity index (χ0) is 24.6. The van der Waals surface area contributed by atoms with Crippen LogP contribution in [0.2, 0.25) is 5.02 Å². The first-order valence-electron chi connectivity index (χ1n) is 8.98. The van der Waals surface area contributed by atoms with Crippen LogP contribution in [0, 0.1) is 5.82 Å². The van der Waals surface area contributed by atoms with Crippen LogP contribution in [0.15, 0.2) is 36.4 Å². The molecule has 3 rings (SSSR count). The van der Waals surface area contributed by atoms with Crippen LogP contribution in [0.4, 0.5) is 17.6 Å². The first kappa shape index (κ1) is 24.8. The molecule has 0 radical (unpaired) electrons. The summed E-state index contributed by atoms with van der Waals surface area (Å²) in [6, 6.07) is 6.59. The number of hydrogen-bond donors (Lipinski definition) is 2. The van der Waals surface area contributed by atoms with Crippen molar-refractivity contribution in [3.63, 3.8) is 0 Å². The lowest BCUT2D eigenvalue weighted by Crippen LogP contribution is -2.34. The highest BCUT2D eigenvalue weighted by Crippen LogP contribution is 2.31. The van der Waals surface area contributed by atoms with E-state index in [2.05, 4.69) is 20.1 Å². The monoisotopic (exact) mass is 509 g/mol. The van der Waals surface area contributed by atoms with E-state index < -0.39 is 39.3 Å². The van der Waals surface area contributed by atoms with E-state index in [-0.39, 0.29) is 34.1 Å². The number of tetrazole rings is 1. The molecule has 3 N–H and O–H groups in total. The molecule has 0 aliphatic rings. The Kier molecular flexibility index (Phi) is 6.66. The van der Waals surface area contributed by atoms with Crippen molar-refractivity contribution in [2.75, 3.05) is 5.75 Å². The minimum absolute atomic E-state index is 0.0589. The summed E-state index contributed by atoms with van der Waals surface area (Å²) in [6.07, 6.45) is -4.94. The summed E-state index contributed by atoms with van der Waals surface area (Å²) in [5.41, 5.74) is -1.73. The molecule has 0 aliphatic heterocycles. The van der Waals surface area contributed by atoms with Crippen LogP contribution in [0.3, 0.4) is 0 Å². The fourth-order valence-corrected chi connectivity index (χ4v) is 4.10. The normalized spacial score (nSPS) is 14.2. The number of hydrogen-bond acceptors (Lipinski definition) is 7. The van der Waals surface area contributed by atoms with Crippen molar-refractivity contribution in [3.05, 3.63) is 58.4 Å². The van der Waals surface area contributed by atoms with Crippen molar-refractivity contribution in [3.8, 4) is 17.1 Å². The highest BCUT2D eigenvalue weighted by atomic mass is 35.5. The number of nitrogens with zero attached hydrogens (tertiary/aromatic N) is 4. The number of nitrogens with two attached hydrogens (primary N) is 1. The molecule has 0 bridgehead atoms. The molecule has 0 saturated heterocycles. The molecule has 15 heteroatoms. The van der Waals surface area contributed by atoms with Crippen LogP contribution in [-0.4, -0.2) is 45.8 Å². The lowest BCUT2D eigenvalue weighted by molar-refractivity contribution is -0.274. The van der Waals surface area contributed by atoms with Crippen molar-refractivity contribution in [2.45, 2.75) is 25.4 Å². The van der Waals surface area contributed by atoms with E-state index >= 15 is 0 Å². The van der Waals surface area contributed by atoms with Crippen LogP contribution in [0.5, 0.6) is 5.75 Å². The smallest absolute Gasteiger partial charge is 0.406 e. The van der Waals surface area contributed by atoms with Gasteiger partial charge in [-0.1, -0.05) is 17.7 Å². The molecule has 178 valence electrons. The number of aliphatic hydroxyl groups is 1. The van der Waals surface area contributed by atoms with E-state index in [1.165, 1.54) is 25.1 Å². The van der Waals surface area contributed by atoms with E-state index in [4.69, 9.17) is 16.7 Å². The van der Waals surface area contributed by atoms with E-state index in [1.807, 2.05) is 0 Å². The van der Waals surface area contributed by atoms with Crippen LogP contribution in [-0.2, 0) is 22.2 Å². The van der Waals surface area contributed by atoms with Crippen molar-refractivity contribution in [1.82, 2.24) is 20.2 Å². The highest BCUT2D eigenvalue weighted by molar-refractivity contribution is 7.89. The molecule has 33 heavy (non-hydrogen) atoms. The maximum absolute atomic E-state index is 14.1. The lowest BCUT2D eigenvalue weighted by Gasteiger charge is -2.23. The van der Waals surface area contributed by atoms with E-state index in [0.29, 0.717) is 0 Å². The Bertz CT molecular complexity index is 1280. The number of ether oxygens (including phenoxy) is 1. The minimum atomic E-state index is -4.94. The van der Waals surface area contributed by atoms with Crippen LogP contribution >= 0.6 is 11.6 Å². The van der Waals surface area contributed by atoms with E-state index in [9.17, 15) is 31.1 Å². The number of halogens is 5. The Morgan fingerprint density at radius 3 is 2.55 bits per heavy atom. The average molecular weight is 510 g/mol. The Labute approximate surface area is 189 Å². The number of rotatable bonds is 7. The number of benzene rings is 2. The molecule has 1 heterocycles. The van der Waals surface area contributed by atoms with Gasteiger partial charge in [0.15, 0.2) is 0 Å². The van der Waals surface area contributed by atoms with Gasteiger partial charge in [-0.2, -0.15) is 4.80 Å². The molecule has 0 amide bonds. The summed E-state index contributed by atoms with van der Waals surface area (Å²) >= 11 is 6.17. The number of aromatic nitrogens is 4. The maximum atomic E-state index is 14.1. The van der Waals surface area contributed by atoms with Gasteiger partial charge in [-0.25, -0.2) is 17.9 Å². The van der Waals surface area contributed by atoms with Gasteiger partial charge < -0.3 is 9.84 Å². The molecule has 2 aromatic carbocycles. The second kappa shape index (κ2) is 8.85. The molecule has 0 spiro atoms. The van der Waals surface area contributed by atoms with Gasteiger partial charge in [0.25, 0.3) is 0 Å². The van der Waals surface area contributed by atoms with Crippen LogP contribution in [0.25, 0.3) is 11.4 Å². The number of alkyl halides is 3. The molecule has 1 aromatic heterocycles.